The van der Waals surface area contributed by atoms with Crippen molar-refractivity contribution < 1.29 is 19.1 Å². The maximum Gasteiger partial charge on any atom is 0.332 e. The van der Waals surface area contributed by atoms with Gasteiger partial charge in [0.1, 0.15) is 11.9 Å². The van der Waals surface area contributed by atoms with E-state index in [1.807, 2.05) is 30.3 Å². The standard InChI is InChI=1S/C13H15O4P/c1-11(13(14)10-18(15,16)17)6-5-9-12-7-3-2-4-8-12/h2-4,7-8,11H,6,10H2,1H3,(H2,15,16,17). The van der Waals surface area contributed by atoms with Crippen LogP contribution in [0.15, 0.2) is 30.3 Å². The van der Waals surface area contributed by atoms with Crippen molar-refractivity contribution in [3.8, 4) is 11.8 Å². The molecule has 0 bridgehead atoms. The third-order valence-electron chi connectivity index (χ3n) is 2.33. The SMILES string of the molecule is CC(CC#Cc1ccccc1)C(=O)CP(=O)(O)O. The van der Waals surface area contributed by atoms with Gasteiger partial charge in [0.15, 0.2) is 0 Å². The summed E-state index contributed by atoms with van der Waals surface area (Å²) < 4.78 is 10.7. The van der Waals surface area contributed by atoms with Gasteiger partial charge in [-0.1, -0.05) is 37.0 Å². The number of ketones is 1. The molecule has 0 saturated carbocycles. The average molecular weight is 266 g/mol. The van der Waals surface area contributed by atoms with Crippen LogP contribution in [0.1, 0.15) is 18.9 Å². The molecule has 1 atom stereocenters. The Morgan fingerprint density at radius 3 is 2.50 bits per heavy atom. The number of carbonyl (C=O) groups is 1. The van der Waals surface area contributed by atoms with Gasteiger partial charge in [-0.15, -0.1) is 0 Å². The molecule has 0 radical (unpaired) electrons. The molecule has 4 nitrogen and oxygen atoms in total. The largest absolute Gasteiger partial charge is 0.332 e. The molecule has 1 unspecified atom stereocenters. The molecule has 0 heterocycles. The van der Waals surface area contributed by atoms with Gasteiger partial charge in [-0.3, -0.25) is 9.36 Å². The minimum absolute atomic E-state index is 0.299. The zero-order valence-electron chi connectivity index (χ0n) is 10.0. The molecule has 5 heteroatoms. The van der Waals surface area contributed by atoms with E-state index < -0.39 is 25.5 Å². The van der Waals surface area contributed by atoms with Crippen LogP contribution in [0, 0.1) is 17.8 Å². The zero-order chi connectivity index (χ0) is 13.6. The summed E-state index contributed by atoms with van der Waals surface area (Å²) in [6.07, 6.45) is -0.408. The predicted octanol–water partition coefficient (Wildman–Crippen LogP) is 1.81. The van der Waals surface area contributed by atoms with Crippen molar-refractivity contribution in [3.63, 3.8) is 0 Å². The summed E-state index contributed by atoms with van der Waals surface area (Å²) in [5.74, 6) is 4.82. The highest BCUT2D eigenvalue weighted by atomic mass is 31.2. The van der Waals surface area contributed by atoms with Crippen LogP contribution in [0.3, 0.4) is 0 Å². The van der Waals surface area contributed by atoms with E-state index in [4.69, 9.17) is 9.79 Å². The molecule has 0 aromatic heterocycles. The topological polar surface area (TPSA) is 74.6 Å². The Hall–Kier alpha value is -1.40. The summed E-state index contributed by atoms with van der Waals surface area (Å²) in [4.78, 5) is 28.8. The maximum atomic E-state index is 11.4. The smallest absolute Gasteiger partial charge is 0.324 e. The number of carbonyl (C=O) groups excluding carboxylic acids is 1. The summed E-state index contributed by atoms with van der Waals surface area (Å²) in [6.45, 7) is 1.62. The monoisotopic (exact) mass is 266 g/mol. The van der Waals surface area contributed by atoms with Gasteiger partial charge in [0, 0.05) is 17.9 Å². The second-order valence-corrected chi connectivity index (χ2v) is 5.71. The van der Waals surface area contributed by atoms with Crippen LogP contribution in [0.2, 0.25) is 0 Å². The van der Waals surface area contributed by atoms with Crippen molar-refractivity contribution in [2.24, 2.45) is 5.92 Å². The molecule has 0 amide bonds. The first-order chi connectivity index (χ1) is 8.38. The van der Waals surface area contributed by atoms with E-state index in [1.54, 1.807) is 6.92 Å². The van der Waals surface area contributed by atoms with E-state index in [0.29, 0.717) is 6.42 Å². The van der Waals surface area contributed by atoms with Crippen LogP contribution in [0.5, 0.6) is 0 Å². The number of Topliss-reactive ketones (excluding diaryl/α,β-unsaturated/α-hetero) is 1. The van der Waals surface area contributed by atoms with Crippen LogP contribution in [0.25, 0.3) is 0 Å². The fourth-order valence-corrected chi connectivity index (χ4v) is 2.02. The normalized spacial score (nSPS) is 12.4. The van der Waals surface area contributed by atoms with E-state index in [-0.39, 0.29) is 0 Å². The number of hydrogen-bond donors (Lipinski definition) is 2. The van der Waals surface area contributed by atoms with Crippen molar-refractivity contribution in [2.45, 2.75) is 13.3 Å². The summed E-state index contributed by atoms with van der Waals surface area (Å²) in [5.41, 5.74) is 0.854. The van der Waals surface area contributed by atoms with Gasteiger partial charge in [-0.25, -0.2) is 0 Å². The molecule has 2 N–H and O–H groups in total. The lowest BCUT2D eigenvalue weighted by Gasteiger charge is -2.07. The molecule has 96 valence electrons. The number of benzene rings is 1. The minimum atomic E-state index is -4.26. The molecule has 1 aromatic rings. The zero-order valence-corrected chi connectivity index (χ0v) is 10.9. The Labute approximate surface area is 106 Å². The van der Waals surface area contributed by atoms with Crippen LogP contribution >= 0.6 is 7.60 Å². The summed E-state index contributed by atoms with van der Waals surface area (Å²) in [7, 11) is -4.26. The molecule has 1 aromatic carbocycles. The first-order valence-corrected chi connectivity index (χ1v) is 7.29. The minimum Gasteiger partial charge on any atom is -0.324 e. The van der Waals surface area contributed by atoms with Crippen LogP contribution in [0.4, 0.5) is 0 Å². The Morgan fingerprint density at radius 1 is 1.33 bits per heavy atom. The van der Waals surface area contributed by atoms with Gasteiger partial charge in [-0.05, 0) is 12.1 Å². The van der Waals surface area contributed by atoms with E-state index in [1.165, 1.54) is 0 Å². The molecule has 0 spiro atoms. The van der Waals surface area contributed by atoms with Gasteiger partial charge in [0.05, 0.1) is 0 Å². The van der Waals surface area contributed by atoms with E-state index >= 15 is 0 Å². The number of rotatable bonds is 4. The van der Waals surface area contributed by atoms with E-state index in [9.17, 15) is 9.36 Å². The molecule has 0 saturated heterocycles. The van der Waals surface area contributed by atoms with Gasteiger partial charge in [-0.2, -0.15) is 0 Å². The third-order valence-corrected chi connectivity index (χ3v) is 3.05. The first-order valence-electron chi connectivity index (χ1n) is 5.49. The summed E-state index contributed by atoms with van der Waals surface area (Å²) in [5, 5.41) is 0. The highest BCUT2D eigenvalue weighted by Crippen LogP contribution is 2.34. The number of hydrogen-bond acceptors (Lipinski definition) is 2. The molecular weight excluding hydrogens is 251 g/mol. The molecule has 1 rings (SSSR count). The third kappa shape index (κ3) is 5.79. The van der Waals surface area contributed by atoms with E-state index in [2.05, 4.69) is 11.8 Å². The lowest BCUT2D eigenvalue weighted by Crippen LogP contribution is -2.14. The molecule has 18 heavy (non-hydrogen) atoms. The average Bonchev–Trinajstić information content (AvgIpc) is 2.28. The fraction of sp³-hybridized carbons (Fsp3) is 0.308. The van der Waals surface area contributed by atoms with Gasteiger partial charge < -0.3 is 9.79 Å². The molecule has 0 aliphatic carbocycles. The van der Waals surface area contributed by atoms with Gasteiger partial charge in [0.25, 0.3) is 0 Å². The Balaban J connectivity index is 2.52. The maximum absolute atomic E-state index is 11.4. The molecule has 0 aliphatic heterocycles. The van der Waals surface area contributed by atoms with E-state index in [0.717, 1.165) is 5.56 Å². The Kier molecular flexibility index (Phi) is 5.30. The Morgan fingerprint density at radius 2 is 1.94 bits per heavy atom. The summed E-state index contributed by atoms with van der Waals surface area (Å²) >= 11 is 0. The first kappa shape index (κ1) is 14.7. The van der Waals surface area contributed by atoms with Crippen molar-refractivity contribution >= 4 is 13.4 Å². The molecule has 0 aliphatic rings. The van der Waals surface area contributed by atoms with Crippen molar-refractivity contribution in [1.29, 1.82) is 0 Å². The highest BCUT2D eigenvalue weighted by molar-refractivity contribution is 7.52. The molecular formula is C13H15O4P. The second kappa shape index (κ2) is 6.51. The van der Waals surface area contributed by atoms with Crippen LogP contribution in [-0.4, -0.2) is 21.7 Å². The molecule has 0 fully saturated rings. The van der Waals surface area contributed by atoms with Crippen LogP contribution < -0.4 is 0 Å². The lowest BCUT2D eigenvalue weighted by molar-refractivity contribution is -0.119. The van der Waals surface area contributed by atoms with Crippen molar-refractivity contribution in [2.75, 3.05) is 6.16 Å². The van der Waals surface area contributed by atoms with Crippen molar-refractivity contribution in [3.05, 3.63) is 35.9 Å². The highest BCUT2D eigenvalue weighted by Gasteiger charge is 2.22. The Bertz CT molecular complexity index is 507. The summed E-state index contributed by atoms with van der Waals surface area (Å²) in [6, 6.07) is 9.33. The van der Waals surface area contributed by atoms with Gasteiger partial charge in [0.2, 0.25) is 0 Å². The predicted molar refractivity (Wildman–Crippen MR) is 69.0 cm³/mol. The second-order valence-electron chi connectivity index (χ2n) is 4.06. The lowest BCUT2D eigenvalue weighted by atomic mass is 10.0. The van der Waals surface area contributed by atoms with Crippen LogP contribution in [-0.2, 0) is 9.36 Å². The van der Waals surface area contributed by atoms with Gasteiger partial charge >= 0.3 is 7.60 Å². The fourth-order valence-electron chi connectivity index (χ4n) is 1.30. The quantitative estimate of drug-likeness (QED) is 0.643. The van der Waals surface area contributed by atoms with Crippen molar-refractivity contribution in [1.82, 2.24) is 0 Å².